The highest BCUT2D eigenvalue weighted by molar-refractivity contribution is 14.1. The lowest BCUT2D eigenvalue weighted by atomic mass is 10.2. The second kappa shape index (κ2) is 7.36. The van der Waals surface area contributed by atoms with Gasteiger partial charge in [0.25, 0.3) is 0 Å². The summed E-state index contributed by atoms with van der Waals surface area (Å²) in [5.74, 6) is -0.591. The lowest BCUT2D eigenvalue weighted by Crippen LogP contribution is -2.04. The second-order valence-corrected chi connectivity index (χ2v) is 8.23. The van der Waals surface area contributed by atoms with Crippen molar-refractivity contribution >= 4 is 83.7 Å². The Morgan fingerprint density at radius 3 is 2.25 bits per heavy atom. The van der Waals surface area contributed by atoms with E-state index < -0.39 is 11.6 Å². The zero-order valence-corrected chi connectivity index (χ0v) is 17.8. The highest BCUT2D eigenvalue weighted by Gasteiger charge is 2.15. The number of ether oxygens (including phenoxy) is 1. The Hall–Kier alpha value is 0.770. The second-order valence-electron chi connectivity index (χ2n) is 3.81. The van der Waals surface area contributed by atoms with E-state index in [9.17, 15) is 8.78 Å². The molecule has 0 amide bonds. The smallest absolute Gasteiger partial charge is 0.146 e. The fourth-order valence-electron chi connectivity index (χ4n) is 1.51. The number of halogens is 6. The van der Waals surface area contributed by atoms with Crippen molar-refractivity contribution in [1.82, 2.24) is 0 Å². The topological polar surface area (TPSA) is 9.23 Å². The van der Waals surface area contributed by atoms with Crippen LogP contribution in [0.15, 0.2) is 28.7 Å². The molecule has 0 aliphatic carbocycles. The summed E-state index contributed by atoms with van der Waals surface area (Å²) >= 11 is 9.55. The fourth-order valence-corrected chi connectivity index (χ4v) is 5.78. The zero-order chi connectivity index (χ0) is 14.9. The fraction of sp³-hybridized carbons (Fsp3) is 0.0769. The summed E-state index contributed by atoms with van der Waals surface area (Å²) in [5, 5.41) is 0. The number of benzene rings is 2. The molecule has 20 heavy (non-hydrogen) atoms. The van der Waals surface area contributed by atoms with Crippen LogP contribution in [0.3, 0.4) is 0 Å². The summed E-state index contributed by atoms with van der Waals surface area (Å²) in [6.45, 7) is -0.149. The summed E-state index contributed by atoms with van der Waals surface area (Å²) in [6.07, 6.45) is 0. The minimum absolute atomic E-state index is 0.0791. The van der Waals surface area contributed by atoms with Gasteiger partial charge in [-0.25, -0.2) is 8.78 Å². The van der Waals surface area contributed by atoms with Crippen molar-refractivity contribution in [3.05, 3.63) is 56.6 Å². The maximum Gasteiger partial charge on any atom is 0.146 e. The van der Waals surface area contributed by atoms with E-state index in [1.54, 1.807) is 0 Å². The number of hydrogen-bond acceptors (Lipinski definition) is 1. The van der Waals surface area contributed by atoms with Gasteiger partial charge in [0.2, 0.25) is 0 Å². The molecule has 0 unspecified atom stereocenters. The van der Waals surface area contributed by atoms with Crippen LogP contribution in [-0.2, 0) is 6.61 Å². The summed E-state index contributed by atoms with van der Waals surface area (Å²) in [6, 6.07) is 6.46. The van der Waals surface area contributed by atoms with E-state index >= 15 is 0 Å². The van der Waals surface area contributed by atoms with Gasteiger partial charge in [-0.3, -0.25) is 0 Å². The Morgan fingerprint density at radius 2 is 1.65 bits per heavy atom. The average Bonchev–Trinajstić information content (AvgIpc) is 2.36. The molecule has 2 rings (SSSR count). The van der Waals surface area contributed by atoms with Crippen LogP contribution in [0, 0.1) is 22.3 Å². The van der Waals surface area contributed by atoms with Gasteiger partial charge in [0.05, 0.1) is 17.2 Å². The monoisotopic (exact) mass is 676 g/mol. The van der Waals surface area contributed by atoms with Gasteiger partial charge in [0, 0.05) is 3.57 Å². The molecule has 2 aromatic carbocycles. The first-order valence-corrected chi connectivity index (χ1v) is 9.32. The van der Waals surface area contributed by atoms with Gasteiger partial charge < -0.3 is 4.74 Å². The summed E-state index contributed by atoms with van der Waals surface area (Å²) in [7, 11) is 0. The molecule has 2 aromatic rings. The molecular formula is C13H6BrF2I3O. The molecular weight excluding hydrogens is 671 g/mol. The highest BCUT2D eigenvalue weighted by Crippen LogP contribution is 2.31. The quantitative estimate of drug-likeness (QED) is 0.282. The number of rotatable bonds is 3. The van der Waals surface area contributed by atoms with Gasteiger partial charge in [0.15, 0.2) is 0 Å². The van der Waals surface area contributed by atoms with Gasteiger partial charge in [-0.05, 0) is 108 Å². The molecule has 0 spiro atoms. The lowest BCUT2D eigenvalue weighted by molar-refractivity contribution is 0.288. The van der Waals surface area contributed by atoms with Crippen molar-refractivity contribution in [3.8, 4) is 5.75 Å². The third kappa shape index (κ3) is 3.94. The lowest BCUT2D eigenvalue weighted by Gasteiger charge is -2.12. The normalized spacial score (nSPS) is 10.7. The maximum absolute atomic E-state index is 13.9. The first-order chi connectivity index (χ1) is 9.40. The van der Waals surface area contributed by atoms with E-state index in [0.29, 0.717) is 5.75 Å². The average molecular weight is 677 g/mol. The molecule has 106 valence electrons. The Kier molecular flexibility index (Phi) is 6.30. The van der Waals surface area contributed by atoms with Crippen LogP contribution in [0.4, 0.5) is 8.78 Å². The third-order valence-corrected chi connectivity index (χ3v) is 5.30. The molecule has 0 aliphatic rings. The van der Waals surface area contributed by atoms with Crippen LogP contribution < -0.4 is 4.74 Å². The standard InChI is InChI=1S/C13H6BrF2I3O/c14-8-1-2-9(15)7(12(8)16)5-20-13-10(18)3-6(17)4-11(13)19/h1-4H,5H2. The summed E-state index contributed by atoms with van der Waals surface area (Å²) in [4.78, 5) is 0. The maximum atomic E-state index is 13.9. The summed E-state index contributed by atoms with van der Waals surface area (Å²) < 4.78 is 36.3. The van der Waals surface area contributed by atoms with E-state index in [1.807, 2.05) is 12.1 Å². The third-order valence-electron chi connectivity index (χ3n) is 2.46. The molecule has 1 nitrogen and oxygen atoms in total. The molecule has 0 saturated carbocycles. The Morgan fingerprint density at radius 1 is 1.05 bits per heavy atom. The molecule has 0 saturated heterocycles. The molecule has 0 aliphatic heterocycles. The molecule has 7 heteroatoms. The van der Waals surface area contributed by atoms with E-state index in [-0.39, 0.29) is 16.6 Å². The minimum Gasteiger partial charge on any atom is -0.486 e. The minimum atomic E-state index is -0.625. The first-order valence-electron chi connectivity index (χ1n) is 5.30. The van der Waals surface area contributed by atoms with Gasteiger partial charge in [0.1, 0.15) is 24.0 Å². The van der Waals surface area contributed by atoms with Crippen molar-refractivity contribution in [1.29, 1.82) is 0 Å². The van der Waals surface area contributed by atoms with Gasteiger partial charge in [-0.15, -0.1) is 0 Å². The predicted octanol–water partition coefficient (Wildman–Crippen LogP) is 6.12. The van der Waals surface area contributed by atoms with Crippen LogP contribution in [0.5, 0.6) is 5.75 Å². The Balaban J connectivity index is 2.28. The Bertz CT molecular complexity index is 641. The van der Waals surface area contributed by atoms with Crippen molar-refractivity contribution in [3.63, 3.8) is 0 Å². The molecule has 0 N–H and O–H groups in total. The van der Waals surface area contributed by atoms with Crippen molar-refractivity contribution in [2.45, 2.75) is 6.61 Å². The molecule has 0 radical (unpaired) electrons. The van der Waals surface area contributed by atoms with Crippen molar-refractivity contribution in [2.75, 3.05) is 0 Å². The van der Waals surface area contributed by atoms with E-state index in [1.165, 1.54) is 12.1 Å². The van der Waals surface area contributed by atoms with Gasteiger partial charge in [-0.1, -0.05) is 0 Å². The molecule has 0 fully saturated rings. The Labute approximate surface area is 164 Å². The van der Waals surface area contributed by atoms with Gasteiger partial charge >= 0.3 is 0 Å². The molecule has 0 bridgehead atoms. The molecule has 0 atom stereocenters. The largest absolute Gasteiger partial charge is 0.486 e. The van der Waals surface area contributed by atoms with Crippen LogP contribution in [0.25, 0.3) is 0 Å². The van der Waals surface area contributed by atoms with Crippen molar-refractivity contribution in [2.24, 2.45) is 0 Å². The zero-order valence-electron chi connectivity index (χ0n) is 9.69. The predicted molar refractivity (Wildman–Crippen MR) is 103 cm³/mol. The van der Waals surface area contributed by atoms with Crippen LogP contribution in [0.1, 0.15) is 5.56 Å². The van der Waals surface area contributed by atoms with Crippen LogP contribution in [-0.4, -0.2) is 0 Å². The first kappa shape index (κ1) is 17.1. The van der Waals surface area contributed by atoms with E-state index in [2.05, 4.69) is 83.7 Å². The molecule has 0 aromatic heterocycles. The van der Waals surface area contributed by atoms with Crippen LogP contribution >= 0.6 is 83.7 Å². The van der Waals surface area contributed by atoms with Gasteiger partial charge in [-0.2, -0.15) is 0 Å². The number of hydrogen-bond donors (Lipinski definition) is 0. The van der Waals surface area contributed by atoms with E-state index in [0.717, 1.165) is 10.7 Å². The van der Waals surface area contributed by atoms with Crippen molar-refractivity contribution < 1.29 is 13.5 Å². The molecule has 0 heterocycles. The highest BCUT2D eigenvalue weighted by atomic mass is 127. The summed E-state index contributed by atoms with van der Waals surface area (Å²) in [5.41, 5.74) is -0.0791. The van der Waals surface area contributed by atoms with Crippen LogP contribution in [0.2, 0.25) is 0 Å². The SMILES string of the molecule is Fc1ccc(Br)c(F)c1COc1c(I)cc(I)cc1I. The van der Waals surface area contributed by atoms with E-state index in [4.69, 9.17) is 4.74 Å².